The number of nitrogens with one attached hydrogen (secondary N) is 1. The molecule has 1 spiro atoms. The van der Waals surface area contributed by atoms with Crippen LogP contribution in [0.25, 0.3) is 0 Å². The number of methoxy groups -OCH3 is 1. The molecule has 2 aliphatic carbocycles. The number of hydrogen-bond donors (Lipinski definition) is 1. The van der Waals surface area contributed by atoms with Crippen LogP contribution in [0.2, 0.25) is 0 Å². The number of benzene rings is 1. The van der Waals surface area contributed by atoms with Gasteiger partial charge in [0.25, 0.3) is 0 Å². The molecule has 2 amide bonds. The summed E-state index contributed by atoms with van der Waals surface area (Å²) in [6.45, 7) is 15.1. The molecule has 1 aromatic rings. The molecule has 4 aliphatic rings. The molecule has 0 radical (unpaired) electrons. The van der Waals surface area contributed by atoms with Crippen molar-refractivity contribution in [2.45, 2.75) is 90.7 Å². The Bertz CT molecular complexity index is 1120. The number of rotatable bonds is 10. The lowest BCUT2D eigenvalue weighted by Gasteiger charge is -2.44. The molecular formula is C34H51N3O5. The van der Waals surface area contributed by atoms with Gasteiger partial charge in [0.2, 0.25) is 5.91 Å². The normalized spacial score (nSPS) is 33.3. The first kappa shape index (κ1) is 31.0. The van der Waals surface area contributed by atoms with E-state index in [0.717, 1.165) is 45.5 Å². The van der Waals surface area contributed by atoms with Crippen molar-refractivity contribution in [1.29, 1.82) is 0 Å². The highest BCUT2D eigenvalue weighted by Gasteiger charge is 2.70. The van der Waals surface area contributed by atoms with Crippen LogP contribution in [-0.4, -0.2) is 85.5 Å². The SMILES string of the molecule is CO[C@@H]1[C@H](OC(=O)N[C@@H](C(=O)N2CCN(Cc3ccccc3)CC2)C(C)C)CC[C@]2(CO2)[C@H]1[C@@]1(C)C[C@@H]1CC=C(C)C. The third-order valence-corrected chi connectivity index (χ3v) is 10.3. The van der Waals surface area contributed by atoms with E-state index < -0.39 is 12.1 Å². The van der Waals surface area contributed by atoms with Crippen LogP contribution in [0.15, 0.2) is 42.0 Å². The summed E-state index contributed by atoms with van der Waals surface area (Å²) in [5.41, 5.74) is 2.56. The van der Waals surface area contributed by atoms with Crippen LogP contribution in [0.4, 0.5) is 4.79 Å². The predicted molar refractivity (Wildman–Crippen MR) is 163 cm³/mol. The quantitative estimate of drug-likeness (QED) is 0.308. The molecule has 4 fully saturated rings. The molecule has 8 nitrogen and oxygen atoms in total. The molecular weight excluding hydrogens is 530 g/mol. The van der Waals surface area contributed by atoms with Gasteiger partial charge in [-0.05, 0) is 62.3 Å². The van der Waals surface area contributed by atoms with Gasteiger partial charge in [0.15, 0.2) is 0 Å². The van der Waals surface area contributed by atoms with E-state index in [-0.39, 0.29) is 41.0 Å². The number of nitrogens with zero attached hydrogens (tertiary/aromatic N) is 2. The van der Waals surface area contributed by atoms with E-state index in [1.54, 1.807) is 7.11 Å². The molecule has 1 aromatic carbocycles. The molecule has 2 saturated heterocycles. The summed E-state index contributed by atoms with van der Waals surface area (Å²) in [5.74, 6) is 0.657. The standard InChI is InChI=1S/C34H51N3O5/c1-23(2)12-13-26-20-33(26,5)30-29(40-6)27(14-15-34(30)22-41-34)42-32(39)35-28(24(3)4)31(38)37-18-16-36(17-19-37)21-25-10-8-7-9-11-25/h7-12,24,26-30H,13-22H2,1-6H3,(H,35,39)/t26-,27+,28+,29+,30+,33-,34-/m0/s1. The van der Waals surface area contributed by atoms with Gasteiger partial charge in [-0.25, -0.2) is 4.79 Å². The highest BCUT2D eigenvalue weighted by Crippen LogP contribution is 2.68. The lowest BCUT2D eigenvalue weighted by molar-refractivity contribution is -0.137. The molecule has 2 heterocycles. The van der Waals surface area contributed by atoms with Gasteiger partial charge < -0.3 is 24.4 Å². The van der Waals surface area contributed by atoms with Crippen molar-refractivity contribution < 1.29 is 23.8 Å². The number of ether oxygens (including phenoxy) is 3. The molecule has 5 rings (SSSR count). The first-order valence-electron chi connectivity index (χ1n) is 15.9. The Kier molecular flexibility index (Phi) is 9.36. The number of carbonyl (C=O) groups is 2. The number of amides is 2. The van der Waals surface area contributed by atoms with Gasteiger partial charge in [0.05, 0.1) is 12.2 Å². The van der Waals surface area contributed by atoms with E-state index in [2.05, 4.69) is 61.3 Å². The first-order valence-corrected chi connectivity index (χ1v) is 15.9. The van der Waals surface area contributed by atoms with Gasteiger partial charge in [-0.15, -0.1) is 0 Å². The maximum atomic E-state index is 13.6. The van der Waals surface area contributed by atoms with Gasteiger partial charge in [-0.2, -0.15) is 0 Å². The van der Waals surface area contributed by atoms with Crippen molar-refractivity contribution in [1.82, 2.24) is 15.1 Å². The van der Waals surface area contributed by atoms with Crippen LogP contribution in [-0.2, 0) is 25.5 Å². The van der Waals surface area contributed by atoms with Crippen molar-refractivity contribution in [3.63, 3.8) is 0 Å². The Morgan fingerprint density at radius 1 is 1.14 bits per heavy atom. The van der Waals surface area contributed by atoms with E-state index in [1.807, 2.05) is 24.8 Å². The van der Waals surface area contributed by atoms with E-state index in [0.29, 0.717) is 25.4 Å². The van der Waals surface area contributed by atoms with Gasteiger partial charge in [0.1, 0.15) is 18.2 Å². The maximum Gasteiger partial charge on any atom is 0.408 e. The lowest BCUT2D eigenvalue weighted by atomic mass is 9.67. The van der Waals surface area contributed by atoms with Crippen molar-refractivity contribution in [3.8, 4) is 0 Å². The number of allylic oxidation sites excluding steroid dienone is 2. The highest BCUT2D eigenvalue weighted by atomic mass is 16.6. The average Bonchev–Trinajstić information content (AvgIpc) is 3.88. The minimum Gasteiger partial charge on any atom is -0.443 e. The molecule has 7 atom stereocenters. The van der Waals surface area contributed by atoms with E-state index >= 15 is 0 Å². The van der Waals surface area contributed by atoms with Crippen LogP contribution >= 0.6 is 0 Å². The molecule has 42 heavy (non-hydrogen) atoms. The smallest absolute Gasteiger partial charge is 0.408 e. The van der Waals surface area contributed by atoms with Crippen molar-refractivity contribution in [2.75, 3.05) is 39.9 Å². The molecule has 0 bridgehead atoms. The van der Waals surface area contributed by atoms with Crippen molar-refractivity contribution >= 4 is 12.0 Å². The fourth-order valence-corrected chi connectivity index (χ4v) is 7.59. The van der Waals surface area contributed by atoms with Crippen molar-refractivity contribution in [3.05, 3.63) is 47.5 Å². The number of alkyl carbamates (subject to hydrolysis) is 1. The van der Waals surface area contributed by atoms with Crippen LogP contribution in [0.1, 0.15) is 65.9 Å². The van der Waals surface area contributed by atoms with Crippen LogP contribution in [0.5, 0.6) is 0 Å². The Hall–Kier alpha value is -2.42. The fourth-order valence-electron chi connectivity index (χ4n) is 7.59. The zero-order chi connectivity index (χ0) is 30.1. The number of epoxide rings is 1. The summed E-state index contributed by atoms with van der Waals surface area (Å²) >= 11 is 0. The topological polar surface area (TPSA) is 83.6 Å². The summed E-state index contributed by atoms with van der Waals surface area (Å²) in [6.07, 6.45) is 4.93. The van der Waals surface area contributed by atoms with Crippen molar-refractivity contribution in [2.24, 2.45) is 23.2 Å². The summed E-state index contributed by atoms with van der Waals surface area (Å²) in [5, 5.41) is 2.94. The minimum atomic E-state index is -0.633. The van der Waals surface area contributed by atoms with Crippen LogP contribution in [0.3, 0.4) is 0 Å². The van der Waals surface area contributed by atoms with Crippen LogP contribution < -0.4 is 5.32 Å². The number of piperazine rings is 1. The van der Waals surface area contributed by atoms with Crippen LogP contribution in [0, 0.1) is 23.2 Å². The Morgan fingerprint density at radius 2 is 1.83 bits per heavy atom. The Labute approximate surface area is 252 Å². The molecule has 232 valence electrons. The lowest BCUT2D eigenvalue weighted by Crippen LogP contribution is -2.57. The fraction of sp³-hybridized carbons (Fsp3) is 0.706. The molecule has 8 heteroatoms. The molecule has 2 saturated carbocycles. The number of carbonyl (C=O) groups excluding carboxylic acids is 2. The molecule has 2 aliphatic heterocycles. The van der Waals surface area contributed by atoms with Gasteiger partial charge in [-0.3, -0.25) is 9.69 Å². The summed E-state index contributed by atoms with van der Waals surface area (Å²) in [4.78, 5) is 31.1. The van der Waals surface area contributed by atoms with Gasteiger partial charge >= 0.3 is 6.09 Å². The van der Waals surface area contributed by atoms with Gasteiger partial charge in [-0.1, -0.05) is 62.8 Å². The predicted octanol–water partition coefficient (Wildman–Crippen LogP) is 5.03. The zero-order valence-electron chi connectivity index (χ0n) is 26.4. The Morgan fingerprint density at radius 3 is 2.43 bits per heavy atom. The third kappa shape index (κ3) is 6.71. The average molecular weight is 582 g/mol. The second-order valence-electron chi connectivity index (χ2n) is 13.9. The first-order chi connectivity index (χ1) is 20.1. The zero-order valence-corrected chi connectivity index (χ0v) is 26.4. The largest absolute Gasteiger partial charge is 0.443 e. The summed E-state index contributed by atoms with van der Waals surface area (Å²) in [7, 11) is 1.72. The second-order valence-corrected chi connectivity index (χ2v) is 13.9. The van der Waals surface area contributed by atoms with E-state index in [1.165, 1.54) is 11.1 Å². The van der Waals surface area contributed by atoms with E-state index in [4.69, 9.17) is 14.2 Å². The minimum absolute atomic E-state index is 0.0379. The monoisotopic (exact) mass is 581 g/mol. The summed E-state index contributed by atoms with van der Waals surface area (Å²) in [6, 6.07) is 9.78. The highest BCUT2D eigenvalue weighted by molar-refractivity contribution is 5.86. The maximum absolute atomic E-state index is 13.6. The molecule has 0 unspecified atom stereocenters. The van der Waals surface area contributed by atoms with E-state index in [9.17, 15) is 9.59 Å². The number of hydrogen-bond acceptors (Lipinski definition) is 6. The Balaban J connectivity index is 1.18. The third-order valence-electron chi connectivity index (χ3n) is 10.3. The second kappa shape index (κ2) is 12.7. The van der Waals surface area contributed by atoms with Gasteiger partial charge in [0, 0.05) is 45.8 Å². The molecule has 0 aromatic heterocycles. The summed E-state index contributed by atoms with van der Waals surface area (Å²) < 4.78 is 18.3. The molecule has 1 N–H and O–H groups in total.